The first-order valence-electron chi connectivity index (χ1n) is 4.67. The van der Waals surface area contributed by atoms with Gasteiger partial charge in [-0.1, -0.05) is 18.2 Å². The molecule has 13 heavy (non-hydrogen) atoms. The third-order valence-corrected chi connectivity index (χ3v) is 2.43. The lowest BCUT2D eigenvalue weighted by molar-refractivity contribution is 0.464. The Morgan fingerprint density at radius 2 is 2.38 bits per heavy atom. The highest BCUT2D eigenvalue weighted by molar-refractivity contribution is 5.13. The van der Waals surface area contributed by atoms with E-state index in [0.29, 0.717) is 6.04 Å². The maximum atomic E-state index is 4.34. The van der Waals surface area contributed by atoms with E-state index in [4.69, 9.17) is 0 Å². The highest BCUT2D eigenvalue weighted by atomic mass is 14.9. The van der Waals surface area contributed by atoms with Gasteiger partial charge in [0.1, 0.15) is 0 Å². The molecule has 2 heteroatoms. The van der Waals surface area contributed by atoms with Crippen molar-refractivity contribution in [3.63, 3.8) is 0 Å². The summed E-state index contributed by atoms with van der Waals surface area (Å²) in [6.07, 6.45) is 4.09. The number of aromatic nitrogens is 1. The summed E-state index contributed by atoms with van der Waals surface area (Å²) < 4.78 is 0. The molecule has 2 rings (SSSR count). The van der Waals surface area contributed by atoms with Gasteiger partial charge in [-0.25, -0.2) is 0 Å². The fourth-order valence-corrected chi connectivity index (χ4v) is 1.64. The first kappa shape index (κ1) is 8.45. The quantitative estimate of drug-likeness (QED) is 0.659. The normalized spacial score (nSPS) is 23.1. The number of hydrogen-bond acceptors (Lipinski definition) is 2. The van der Waals surface area contributed by atoms with Crippen molar-refractivity contribution >= 4 is 0 Å². The maximum absolute atomic E-state index is 4.34. The van der Waals surface area contributed by atoms with Crippen LogP contribution in [0.4, 0.5) is 0 Å². The van der Waals surface area contributed by atoms with Crippen molar-refractivity contribution in [1.82, 2.24) is 10.3 Å². The molecule has 1 aliphatic rings. The van der Waals surface area contributed by atoms with E-state index in [2.05, 4.69) is 22.9 Å². The summed E-state index contributed by atoms with van der Waals surface area (Å²) in [5.74, 6) is 0. The zero-order chi connectivity index (χ0) is 9.10. The Bertz CT molecular complexity index is 282. The number of nitrogens with one attached hydrogen (secondary N) is 1. The Balaban J connectivity index is 2.07. The van der Waals surface area contributed by atoms with E-state index >= 15 is 0 Å². The van der Waals surface area contributed by atoms with Gasteiger partial charge in [-0.05, 0) is 25.0 Å². The van der Waals surface area contributed by atoms with Gasteiger partial charge in [0.2, 0.25) is 0 Å². The van der Waals surface area contributed by atoms with Gasteiger partial charge in [-0.15, -0.1) is 0 Å². The summed E-state index contributed by atoms with van der Waals surface area (Å²) in [4.78, 5) is 4.34. The molecule has 1 N–H and O–H groups in total. The molecule has 0 aliphatic carbocycles. The lowest BCUT2D eigenvalue weighted by Crippen LogP contribution is -2.28. The highest BCUT2D eigenvalue weighted by Crippen LogP contribution is 2.22. The van der Waals surface area contributed by atoms with Crippen LogP contribution >= 0.6 is 0 Å². The molecule has 2 nitrogen and oxygen atoms in total. The third-order valence-electron chi connectivity index (χ3n) is 2.43. The van der Waals surface area contributed by atoms with Crippen LogP contribution < -0.4 is 5.32 Å². The van der Waals surface area contributed by atoms with Crippen LogP contribution in [-0.2, 0) is 0 Å². The Morgan fingerprint density at radius 1 is 1.46 bits per heavy atom. The minimum Gasteiger partial charge on any atom is -0.305 e. The van der Waals surface area contributed by atoms with E-state index in [1.807, 2.05) is 18.3 Å². The zero-order valence-corrected chi connectivity index (χ0v) is 7.66. The van der Waals surface area contributed by atoms with Crippen molar-refractivity contribution < 1.29 is 0 Å². The van der Waals surface area contributed by atoms with Gasteiger partial charge < -0.3 is 5.32 Å². The number of pyridine rings is 1. The van der Waals surface area contributed by atoms with E-state index < -0.39 is 0 Å². The van der Waals surface area contributed by atoms with E-state index in [-0.39, 0.29) is 0 Å². The predicted molar refractivity (Wildman–Crippen MR) is 53.4 cm³/mol. The van der Waals surface area contributed by atoms with E-state index in [1.165, 1.54) is 5.57 Å². The van der Waals surface area contributed by atoms with Crippen molar-refractivity contribution in [2.24, 2.45) is 0 Å². The van der Waals surface area contributed by atoms with E-state index in [0.717, 1.165) is 25.1 Å². The van der Waals surface area contributed by atoms with Gasteiger partial charge in [0.15, 0.2) is 0 Å². The minimum absolute atomic E-state index is 0.423. The molecule has 0 aromatic carbocycles. The van der Waals surface area contributed by atoms with Gasteiger partial charge >= 0.3 is 0 Å². The molecular formula is C11H14N2. The SMILES string of the molecule is C=C1CCC(c2ccccn2)NC1. The number of nitrogens with zero attached hydrogens (tertiary/aromatic N) is 1. The van der Waals surface area contributed by atoms with Gasteiger partial charge in [0, 0.05) is 12.7 Å². The number of hydrogen-bond donors (Lipinski definition) is 1. The fourth-order valence-electron chi connectivity index (χ4n) is 1.64. The Labute approximate surface area is 78.7 Å². The summed E-state index contributed by atoms with van der Waals surface area (Å²) >= 11 is 0. The maximum Gasteiger partial charge on any atom is 0.0573 e. The average molecular weight is 174 g/mol. The monoisotopic (exact) mass is 174 g/mol. The second-order valence-electron chi connectivity index (χ2n) is 3.48. The van der Waals surface area contributed by atoms with Crippen molar-refractivity contribution in [1.29, 1.82) is 0 Å². The second kappa shape index (κ2) is 3.71. The van der Waals surface area contributed by atoms with Crippen molar-refractivity contribution in [3.05, 3.63) is 42.2 Å². The fraction of sp³-hybridized carbons (Fsp3) is 0.364. The van der Waals surface area contributed by atoms with Crippen molar-refractivity contribution in [2.45, 2.75) is 18.9 Å². The molecule has 1 unspecified atom stereocenters. The van der Waals surface area contributed by atoms with Gasteiger partial charge in [-0.3, -0.25) is 4.98 Å². The first-order chi connectivity index (χ1) is 6.36. The molecule has 0 amide bonds. The molecule has 1 aliphatic heterocycles. The van der Waals surface area contributed by atoms with Crippen LogP contribution in [0, 0.1) is 0 Å². The van der Waals surface area contributed by atoms with Crippen LogP contribution in [-0.4, -0.2) is 11.5 Å². The molecule has 68 valence electrons. The highest BCUT2D eigenvalue weighted by Gasteiger charge is 2.16. The molecule has 1 aromatic heterocycles. The number of rotatable bonds is 1. The van der Waals surface area contributed by atoms with Gasteiger partial charge in [-0.2, -0.15) is 0 Å². The molecule has 2 heterocycles. The van der Waals surface area contributed by atoms with Crippen LogP contribution in [0.5, 0.6) is 0 Å². The van der Waals surface area contributed by atoms with Crippen LogP contribution in [0.2, 0.25) is 0 Å². The van der Waals surface area contributed by atoms with E-state index in [9.17, 15) is 0 Å². The van der Waals surface area contributed by atoms with E-state index in [1.54, 1.807) is 0 Å². The summed E-state index contributed by atoms with van der Waals surface area (Å²) in [6.45, 7) is 4.89. The average Bonchev–Trinajstić information content (AvgIpc) is 2.20. The molecule has 1 saturated heterocycles. The zero-order valence-electron chi connectivity index (χ0n) is 7.66. The smallest absolute Gasteiger partial charge is 0.0573 e. The van der Waals surface area contributed by atoms with Gasteiger partial charge in [0.25, 0.3) is 0 Å². The lowest BCUT2D eigenvalue weighted by atomic mass is 9.99. The lowest BCUT2D eigenvalue weighted by Gasteiger charge is -2.24. The summed E-state index contributed by atoms with van der Waals surface area (Å²) in [5.41, 5.74) is 2.45. The molecule has 1 aromatic rings. The molecule has 0 saturated carbocycles. The van der Waals surface area contributed by atoms with Crippen LogP contribution in [0.15, 0.2) is 36.5 Å². The molecule has 1 fully saturated rings. The molecule has 1 atom stereocenters. The summed E-state index contributed by atoms with van der Waals surface area (Å²) in [7, 11) is 0. The van der Waals surface area contributed by atoms with Crippen molar-refractivity contribution in [3.8, 4) is 0 Å². The minimum atomic E-state index is 0.423. The molecular weight excluding hydrogens is 160 g/mol. The van der Waals surface area contributed by atoms with Gasteiger partial charge in [0.05, 0.1) is 11.7 Å². The number of piperidine rings is 1. The molecule has 0 bridgehead atoms. The topological polar surface area (TPSA) is 24.9 Å². The Kier molecular flexibility index (Phi) is 2.41. The summed E-state index contributed by atoms with van der Waals surface area (Å²) in [6, 6.07) is 6.48. The molecule has 0 spiro atoms. The van der Waals surface area contributed by atoms with Crippen LogP contribution in [0.3, 0.4) is 0 Å². The second-order valence-corrected chi connectivity index (χ2v) is 3.48. The predicted octanol–water partition coefficient (Wildman–Crippen LogP) is 2.06. The Morgan fingerprint density at radius 3 is 3.00 bits per heavy atom. The van der Waals surface area contributed by atoms with Crippen LogP contribution in [0.1, 0.15) is 24.6 Å². The third kappa shape index (κ3) is 1.95. The Hall–Kier alpha value is -1.15. The first-order valence-corrected chi connectivity index (χ1v) is 4.67. The van der Waals surface area contributed by atoms with Crippen LogP contribution in [0.25, 0.3) is 0 Å². The largest absolute Gasteiger partial charge is 0.305 e. The standard InChI is InChI=1S/C11H14N2/c1-9-5-6-11(13-8-9)10-4-2-3-7-12-10/h2-4,7,11,13H,1,5-6,8H2. The van der Waals surface area contributed by atoms with Crippen molar-refractivity contribution in [2.75, 3.05) is 6.54 Å². The summed E-state index contributed by atoms with van der Waals surface area (Å²) in [5, 5.41) is 3.42. The molecule has 0 radical (unpaired) electrons.